The Labute approximate surface area is 185 Å². The zero-order valence-corrected chi connectivity index (χ0v) is 18.9. The lowest BCUT2D eigenvalue weighted by Gasteiger charge is -2.45. The van der Waals surface area contributed by atoms with Crippen LogP contribution < -0.4 is 10.6 Å². The zero-order valence-electron chi connectivity index (χ0n) is 17.3. The molecular weight excluding hydrogens is 427 g/mol. The summed E-state index contributed by atoms with van der Waals surface area (Å²) in [5, 5.41) is 7.37. The predicted octanol–water partition coefficient (Wildman–Crippen LogP) is 3.08. The van der Waals surface area contributed by atoms with Crippen molar-refractivity contribution in [1.82, 2.24) is 14.9 Å². The Bertz CT molecular complexity index is 831. The van der Waals surface area contributed by atoms with E-state index in [1.807, 2.05) is 0 Å². The second kappa shape index (κ2) is 9.94. The molecule has 2 fully saturated rings. The number of nitrogens with zero attached hydrogens (tertiary/aromatic N) is 2. The van der Waals surface area contributed by atoms with Crippen molar-refractivity contribution in [2.45, 2.75) is 67.8 Å². The zero-order chi connectivity index (χ0) is 20.3. The number of hydrogen-bond acceptors (Lipinski definition) is 5. The molecule has 3 aliphatic rings. The van der Waals surface area contributed by atoms with Crippen LogP contribution in [0.3, 0.4) is 0 Å². The van der Waals surface area contributed by atoms with Crippen LogP contribution in [0.1, 0.15) is 51.4 Å². The summed E-state index contributed by atoms with van der Waals surface area (Å²) in [4.78, 5) is 4.97. The Hall–Kier alpha value is -1.22. The molecule has 1 spiro atoms. The van der Waals surface area contributed by atoms with Crippen molar-refractivity contribution in [2.75, 3.05) is 26.2 Å². The van der Waals surface area contributed by atoms with Gasteiger partial charge >= 0.3 is 0 Å². The number of rotatable bonds is 3. The van der Waals surface area contributed by atoms with Crippen molar-refractivity contribution in [3.63, 3.8) is 0 Å². The summed E-state index contributed by atoms with van der Waals surface area (Å²) in [7, 11) is -3.61. The van der Waals surface area contributed by atoms with Crippen molar-refractivity contribution in [1.29, 1.82) is 0 Å². The average molecular weight is 459 g/mol. The molecule has 2 N–H and O–H groups in total. The number of hydrogen-bond donors (Lipinski definition) is 2. The maximum Gasteiger partial charge on any atom is 0.243 e. The molecule has 1 aliphatic carbocycles. The summed E-state index contributed by atoms with van der Waals surface area (Å²) >= 11 is 0. The first-order valence-corrected chi connectivity index (χ1v) is 12.3. The summed E-state index contributed by atoms with van der Waals surface area (Å²) in [6, 6.07) is 5.54. The molecule has 1 aromatic rings. The van der Waals surface area contributed by atoms with E-state index >= 15 is 0 Å². The summed E-state index contributed by atoms with van der Waals surface area (Å²) in [5.41, 5.74) is -0.265. The van der Waals surface area contributed by atoms with E-state index in [2.05, 4.69) is 10.6 Å². The maximum atomic E-state index is 13.2. The van der Waals surface area contributed by atoms with Crippen molar-refractivity contribution in [3.05, 3.63) is 30.1 Å². The third-order valence-electron chi connectivity index (χ3n) is 6.52. The number of amidine groups is 1. The van der Waals surface area contributed by atoms with Crippen molar-refractivity contribution in [3.8, 4) is 0 Å². The minimum absolute atomic E-state index is 0. The Morgan fingerprint density at radius 1 is 1.07 bits per heavy atom. The van der Waals surface area contributed by atoms with Crippen LogP contribution in [0.15, 0.2) is 34.2 Å². The predicted molar refractivity (Wildman–Crippen MR) is 119 cm³/mol. The van der Waals surface area contributed by atoms with E-state index in [0.29, 0.717) is 32.0 Å². The molecule has 0 atom stereocenters. The van der Waals surface area contributed by atoms with Gasteiger partial charge < -0.3 is 10.6 Å². The van der Waals surface area contributed by atoms with Gasteiger partial charge in [0, 0.05) is 25.7 Å². The molecule has 0 bridgehead atoms. The van der Waals surface area contributed by atoms with E-state index in [1.54, 1.807) is 0 Å². The lowest BCUT2D eigenvalue weighted by atomic mass is 9.85. The highest BCUT2D eigenvalue weighted by atomic mass is 35.5. The Balaban J connectivity index is 0.00000256. The minimum Gasteiger partial charge on any atom is -0.370 e. The van der Waals surface area contributed by atoms with Gasteiger partial charge in [-0.25, -0.2) is 12.8 Å². The van der Waals surface area contributed by atoms with E-state index < -0.39 is 15.8 Å². The molecule has 2 aliphatic heterocycles. The third kappa shape index (κ3) is 4.98. The minimum atomic E-state index is -3.61. The highest BCUT2D eigenvalue weighted by Crippen LogP contribution is 2.30. The smallest absolute Gasteiger partial charge is 0.243 e. The van der Waals surface area contributed by atoms with E-state index in [0.717, 1.165) is 18.9 Å². The van der Waals surface area contributed by atoms with Gasteiger partial charge in [-0.15, -0.1) is 12.4 Å². The van der Waals surface area contributed by atoms with E-state index in [1.165, 1.54) is 67.1 Å². The SMILES string of the molecule is Cl.O=S(=O)(c1ccc(F)cc1)N1CCC2(CC1)NCCN=C2NC1CCCCCC1. The maximum absolute atomic E-state index is 13.2. The molecule has 4 rings (SSSR count). The van der Waals surface area contributed by atoms with Gasteiger partial charge in [0.15, 0.2) is 0 Å². The first kappa shape index (κ1) is 23.4. The summed E-state index contributed by atoms with van der Waals surface area (Å²) < 4.78 is 40.6. The first-order valence-electron chi connectivity index (χ1n) is 10.8. The van der Waals surface area contributed by atoms with Gasteiger partial charge in [0.2, 0.25) is 10.0 Å². The van der Waals surface area contributed by atoms with Gasteiger partial charge in [-0.05, 0) is 49.9 Å². The summed E-state index contributed by atoms with van der Waals surface area (Å²) in [5.74, 6) is 0.591. The van der Waals surface area contributed by atoms with Crippen LogP contribution in [0.2, 0.25) is 0 Å². The highest BCUT2D eigenvalue weighted by molar-refractivity contribution is 7.89. The number of benzene rings is 1. The van der Waals surface area contributed by atoms with Crippen LogP contribution in [0.25, 0.3) is 0 Å². The van der Waals surface area contributed by atoms with Crippen LogP contribution in [-0.4, -0.2) is 56.3 Å². The topological polar surface area (TPSA) is 73.8 Å². The van der Waals surface area contributed by atoms with Crippen LogP contribution in [-0.2, 0) is 10.0 Å². The largest absolute Gasteiger partial charge is 0.370 e. The lowest BCUT2D eigenvalue weighted by molar-refractivity contribution is 0.239. The summed E-state index contributed by atoms with van der Waals surface area (Å²) in [6.45, 7) is 2.44. The fraction of sp³-hybridized carbons (Fsp3) is 0.667. The number of piperidine rings is 1. The second-order valence-corrected chi connectivity index (χ2v) is 10.4. The molecule has 1 saturated heterocycles. The van der Waals surface area contributed by atoms with Gasteiger partial charge in [0.25, 0.3) is 0 Å². The van der Waals surface area contributed by atoms with E-state index in [-0.39, 0.29) is 22.8 Å². The number of halogens is 2. The van der Waals surface area contributed by atoms with Crippen LogP contribution >= 0.6 is 12.4 Å². The normalized spacial score (nSPS) is 23.3. The molecule has 0 aromatic heterocycles. The molecule has 1 saturated carbocycles. The molecule has 6 nitrogen and oxygen atoms in total. The molecule has 168 valence electrons. The number of sulfonamides is 1. The molecule has 0 unspecified atom stereocenters. The van der Waals surface area contributed by atoms with Gasteiger partial charge in [-0.1, -0.05) is 25.7 Å². The van der Waals surface area contributed by atoms with Gasteiger partial charge in [0.05, 0.1) is 17.0 Å². The quantitative estimate of drug-likeness (QED) is 0.682. The Morgan fingerprint density at radius 3 is 2.33 bits per heavy atom. The second-order valence-electron chi connectivity index (χ2n) is 8.43. The van der Waals surface area contributed by atoms with Crippen molar-refractivity contribution >= 4 is 28.3 Å². The highest BCUT2D eigenvalue weighted by Gasteiger charge is 2.43. The van der Waals surface area contributed by atoms with Crippen LogP contribution in [0, 0.1) is 5.82 Å². The molecule has 9 heteroatoms. The van der Waals surface area contributed by atoms with Gasteiger partial charge in [-0.3, -0.25) is 4.99 Å². The third-order valence-corrected chi connectivity index (χ3v) is 8.43. The Kier molecular flexibility index (Phi) is 7.76. The van der Waals surface area contributed by atoms with Crippen LogP contribution in [0.4, 0.5) is 4.39 Å². The van der Waals surface area contributed by atoms with Crippen molar-refractivity contribution < 1.29 is 12.8 Å². The molecule has 2 heterocycles. The number of nitrogens with one attached hydrogen (secondary N) is 2. The Morgan fingerprint density at radius 2 is 1.70 bits per heavy atom. The lowest BCUT2D eigenvalue weighted by Crippen LogP contribution is -2.65. The molecule has 0 amide bonds. The first-order chi connectivity index (χ1) is 14.0. The molecule has 1 aromatic carbocycles. The van der Waals surface area contributed by atoms with E-state index in [9.17, 15) is 12.8 Å². The fourth-order valence-electron chi connectivity index (χ4n) is 4.78. The molecule has 0 radical (unpaired) electrons. The standard InChI is InChI=1S/C21H31FN4O2S.ClH/c22-17-7-9-19(10-8-17)29(27,28)26-15-11-21(12-16-26)20(23-13-14-24-21)25-18-5-3-1-2-4-6-18;/h7-10,18,24H,1-6,11-16H2,(H,23,25);1H. The van der Waals surface area contributed by atoms with Crippen LogP contribution in [0.5, 0.6) is 0 Å². The molecular formula is C21H32ClFN4O2S. The van der Waals surface area contributed by atoms with Gasteiger partial charge in [0.1, 0.15) is 11.7 Å². The number of aliphatic imine (C=N–C) groups is 1. The monoisotopic (exact) mass is 458 g/mol. The van der Waals surface area contributed by atoms with Crippen molar-refractivity contribution in [2.24, 2.45) is 4.99 Å². The fourth-order valence-corrected chi connectivity index (χ4v) is 6.22. The molecule has 30 heavy (non-hydrogen) atoms. The average Bonchev–Trinajstić information content (AvgIpc) is 2.99. The van der Waals surface area contributed by atoms with Gasteiger partial charge in [-0.2, -0.15) is 4.31 Å². The summed E-state index contributed by atoms with van der Waals surface area (Å²) in [6.07, 6.45) is 8.87. The van der Waals surface area contributed by atoms with E-state index in [4.69, 9.17) is 4.99 Å².